The summed E-state index contributed by atoms with van der Waals surface area (Å²) in [6.07, 6.45) is 2.29. The number of nitrogens with two attached hydrogens (primary N) is 1. The van der Waals surface area contributed by atoms with Gasteiger partial charge in [0, 0.05) is 13.2 Å². The predicted molar refractivity (Wildman–Crippen MR) is 83.7 cm³/mol. The van der Waals surface area contributed by atoms with Crippen LogP contribution in [0, 0.1) is 13.8 Å². The molecule has 0 atom stereocenters. The van der Waals surface area contributed by atoms with Crippen LogP contribution in [0.1, 0.15) is 23.7 Å². The summed E-state index contributed by atoms with van der Waals surface area (Å²) in [5, 5.41) is 4.23. The Labute approximate surface area is 125 Å². The van der Waals surface area contributed by atoms with Crippen LogP contribution in [0.4, 0.5) is 11.4 Å². The molecule has 0 saturated heterocycles. The first-order chi connectivity index (χ1) is 9.76. The molecule has 0 unspecified atom stereocenters. The maximum absolute atomic E-state index is 12.6. The van der Waals surface area contributed by atoms with E-state index in [4.69, 9.17) is 5.73 Å². The molecule has 0 amide bonds. The van der Waals surface area contributed by atoms with Gasteiger partial charge in [0.05, 0.1) is 17.1 Å². The number of hydrogen-bond donors (Lipinski definition) is 2. The normalized spacial score (nSPS) is 11.6. The minimum atomic E-state index is -3.74. The second kappa shape index (κ2) is 5.40. The van der Waals surface area contributed by atoms with Crippen LogP contribution in [0.15, 0.2) is 23.2 Å². The lowest BCUT2D eigenvalue weighted by molar-refractivity contribution is 0.601. The topological polar surface area (TPSA) is 90.0 Å². The molecule has 1 aromatic carbocycles. The first kappa shape index (κ1) is 15.4. The number of rotatable bonds is 4. The number of sulfonamides is 1. The predicted octanol–water partition coefficient (Wildman–Crippen LogP) is 1.98. The van der Waals surface area contributed by atoms with Crippen molar-refractivity contribution in [3.63, 3.8) is 0 Å². The number of anilines is 2. The number of hydrogen-bond acceptors (Lipinski definition) is 4. The molecule has 0 aliphatic carbocycles. The van der Waals surface area contributed by atoms with Crippen molar-refractivity contribution in [2.24, 2.45) is 7.05 Å². The monoisotopic (exact) mass is 308 g/mol. The van der Waals surface area contributed by atoms with Gasteiger partial charge >= 0.3 is 0 Å². The van der Waals surface area contributed by atoms with E-state index < -0.39 is 10.0 Å². The summed E-state index contributed by atoms with van der Waals surface area (Å²) in [7, 11) is -1.99. The zero-order chi connectivity index (χ0) is 15.8. The fourth-order valence-electron chi connectivity index (χ4n) is 2.24. The van der Waals surface area contributed by atoms with E-state index in [1.807, 2.05) is 19.9 Å². The highest BCUT2D eigenvalue weighted by Crippen LogP contribution is 2.28. The van der Waals surface area contributed by atoms with Crippen LogP contribution < -0.4 is 10.5 Å². The average Bonchev–Trinajstić information content (AvgIpc) is 2.73. The molecule has 6 nitrogen and oxygen atoms in total. The quantitative estimate of drug-likeness (QED) is 0.845. The van der Waals surface area contributed by atoms with E-state index in [2.05, 4.69) is 9.82 Å². The van der Waals surface area contributed by atoms with E-state index >= 15 is 0 Å². The Morgan fingerprint density at radius 3 is 2.62 bits per heavy atom. The Bertz CT molecular complexity index is 779. The molecule has 21 heavy (non-hydrogen) atoms. The molecule has 1 heterocycles. The smallest absolute Gasteiger partial charge is 0.264 e. The molecule has 3 N–H and O–H groups in total. The third kappa shape index (κ3) is 2.87. The van der Waals surface area contributed by atoms with E-state index in [1.54, 1.807) is 30.9 Å². The molecule has 0 spiro atoms. The van der Waals surface area contributed by atoms with Gasteiger partial charge in [0.1, 0.15) is 4.90 Å². The highest BCUT2D eigenvalue weighted by atomic mass is 32.2. The molecule has 7 heteroatoms. The van der Waals surface area contributed by atoms with E-state index in [-0.39, 0.29) is 10.6 Å². The highest BCUT2D eigenvalue weighted by Gasteiger charge is 2.23. The third-order valence-electron chi connectivity index (χ3n) is 3.46. The van der Waals surface area contributed by atoms with Gasteiger partial charge in [-0.3, -0.25) is 9.40 Å². The minimum absolute atomic E-state index is 0.133. The number of benzene rings is 1. The summed E-state index contributed by atoms with van der Waals surface area (Å²) in [6, 6.07) is 3.42. The van der Waals surface area contributed by atoms with E-state index in [1.165, 1.54) is 0 Å². The number of aryl methyl sites for hydroxylation is 3. The number of aromatic nitrogens is 2. The van der Waals surface area contributed by atoms with Gasteiger partial charge in [0.25, 0.3) is 10.0 Å². The van der Waals surface area contributed by atoms with Crippen molar-refractivity contribution in [1.29, 1.82) is 0 Å². The van der Waals surface area contributed by atoms with Crippen LogP contribution >= 0.6 is 0 Å². The fourth-order valence-corrected chi connectivity index (χ4v) is 3.75. The third-order valence-corrected chi connectivity index (χ3v) is 5.03. The molecule has 0 fully saturated rings. The van der Waals surface area contributed by atoms with Gasteiger partial charge in [-0.05, 0) is 37.5 Å². The zero-order valence-electron chi connectivity index (χ0n) is 12.6. The van der Waals surface area contributed by atoms with Crippen molar-refractivity contribution < 1.29 is 8.42 Å². The SMILES string of the molecule is CCc1nn(C)cc1NS(=O)(=O)c1c(N)ccc(C)c1C. The van der Waals surface area contributed by atoms with Crippen molar-refractivity contribution in [3.8, 4) is 0 Å². The summed E-state index contributed by atoms with van der Waals surface area (Å²) in [5.74, 6) is 0. The van der Waals surface area contributed by atoms with Crippen molar-refractivity contribution in [1.82, 2.24) is 9.78 Å². The molecule has 0 radical (unpaired) electrons. The first-order valence-corrected chi connectivity index (χ1v) is 8.15. The summed E-state index contributed by atoms with van der Waals surface area (Å²) >= 11 is 0. The standard InChI is InChI=1S/C14H20N4O2S/c1-5-12-13(8-18(4)16-12)17-21(19,20)14-10(3)9(2)6-7-11(14)15/h6-8,17H,5,15H2,1-4H3. The van der Waals surface area contributed by atoms with Crippen molar-refractivity contribution >= 4 is 21.4 Å². The summed E-state index contributed by atoms with van der Waals surface area (Å²) in [4.78, 5) is 0.133. The van der Waals surface area contributed by atoms with Crippen LogP contribution in [-0.4, -0.2) is 18.2 Å². The highest BCUT2D eigenvalue weighted by molar-refractivity contribution is 7.93. The van der Waals surface area contributed by atoms with Crippen LogP contribution in [0.5, 0.6) is 0 Å². The summed E-state index contributed by atoms with van der Waals surface area (Å²) < 4.78 is 29.5. The molecule has 0 aliphatic heterocycles. The van der Waals surface area contributed by atoms with E-state index in [9.17, 15) is 8.42 Å². The van der Waals surface area contributed by atoms with Crippen LogP contribution in [-0.2, 0) is 23.5 Å². The van der Waals surface area contributed by atoms with Gasteiger partial charge in [0.15, 0.2) is 0 Å². The number of nitrogen functional groups attached to an aromatic ring is 1. The average molecular weight is 308 g/mol. The molecule has 2 aromatic rings. The molecular formula is C14H20N4O2S. The Morgan fingerprint density at radius 2 is 2.00 bits per heavy atom. The number of nitrogens with one attached hydrogen (secondary N) is 1. The largest absolute Gasteiger partial charge is 0.398 e. The van der Waals surface area contributed by atoms with Gasteiger partial charge < -0.3 is 5.73 Å². The molecule has 0 aliphatic rings. The van der Waals surface area contributed by atoms with Gasteiger partial charge in [-0.1, -0.05) is 13.0 Å². The second-order valence-electron chi connectivity index (χ2n) is 5.05. The van der Waals surface area contributed by atoms with Crippen LogP contribution in [0.3, 0.4) is 0 Å². The van der Waals surface area contributed by atoms with Crippen molar-refractivity contribution in [3.05, 3.63) is 35.2 Å². The molecule has 114 valence electrons. The lowest BCUT2D eigenvalue weighted by atomic mass is 10.1. The summed E-state index contributed by atoms with van der Waals surface area (Å²) in [5.41, 5.74) is 8.83. The van der Waals surface area contributed by atoms with Crippen LogP contribution in [0.25, 0.3) is 0 Å². The van der Waals surface area contributed by atoms with Crippen molar-refractivity contribution in [2.75, 3.05) is 10.5 Å². The van der Waals surface area contributed by atoms with Gasteiger partial charge in [-0.2, -0.15) is 5.10 Å². The van der Waals surface area contributed by atoms with Gasteiger partial charge in [0.2, 0.25) is 0 Å². The first-order valence-electron chi connectivity index (χ1n) is 6.67. The number of nitrogens with zero attached hydrogens (tertiary/aromatic N) is 2. The zero-order valence-corrected chi connectivity index (χ0v) is 13.5. The molecule has 0 saturated carbocycles. The van der Waals surface area contributed by atoms with E-state index in [0.717, 1.165) is 5.56 Å². The Kier molecular flexibility index (Phi) is 3.95. The Balaban J connectivity index is 2.51. The maximum atomic E-state index is 12.6. The van der Waals surface area contributed by atoms with Gasteiger partial charge in [-0.15, -0.1) is 0 Å². The fraction of sp³-hybridized carbons (Fsp3) is 0.357. The minimum Gasteiger partial charge on any atom is -0.398 e. The second-order valence-corrected chi connectivity index (χ2v) is 6.67. The molecular weight excluding hydrogens is 288 g/mol. The molecule has 2 rings (SSSR count). The molecule has 0 bridgehead atoms. The lowest BCUT2D eigenvalue weighted by Crippen LogP contribution is -2.17. The Hall–Kier alpha value is -2.02. The van der Waals surface area contributed by atoms with Crippen LogP contribution in [0.2, 0.25) is 0 Å². The van der Waals surface area contributed by atoms with E-state index in [0.29, 0.717) is 23.4 Å². The van der Waals surface area contributed by atoms with Gasteiger partial charge in [-0.25, -0.2) is 8.42 Å². The molecule has 1 aromatic heterocycles. The van der Waals surface area contributed by atoms with Crippen molar-refractivity contribution in [2.45, 2.75) is 32.1 Å². The Morgan fingerprint density at radius 1 is 1.33 bits per heavy atom. The summed E-state index contributed by atoms with van der Waals surface area (Å²) in [6.45, 7) is 5.53. The maximum Gasteiger partial charge on any atom is 0.264 e. The lowest BCUT2D eigenvalue weighted by Gasteiger charge is -2.14.